The molecule has 36 heavy (non-hydrogen) atoms. The summed E-state index contributed by atoms with van der Waals surface area (Å²) in [6, 6.07) is 0. The number of hydrogen-bond donors (Lipinski definition) is 0. The highest BCUT2D eigenvalue weighted by Crippen LogP contribution is 2.63. The van der Waals surface area contributed by atoms with E-state index in [2.05, 4.69) is 13.8 Å². The molecule has 0 heterocycles. The van der Waals surface area contributed by atoms with Gasteiger partial charge in [-0.2, -0.15) is 0 Å². The fraction of sp³-hybridized carbons (Fsp3) is 0.941. The Morgan fingerprint density at radius 2 is 0.889 bits per heavy atom. The van der Waals surface area contributed by atoms with Crippen LogP contribution < -0.4 is 0 Å². The second kappa shape index (κ2) is 11.6. The Morgan fingerprint density at radius 1 is 0.500 bits per heavy atom. The van der Waals surface area contributed by atoms with Crippen molar-refractivity contribution >= 4 is 11.6 Å². The average Bonchev–Trinajstić information content (AvgIpc) is 2.94. The van der Waals surface area contributed by atoms with Crippen LogP contribution in [-0.2, 0) is 9.59 Å². The number of carbonyl (C=O) groups is 2. The van der Waals surface area contributed by atoms with Crippen LogP contribution in [-0.4, -0.2) is 11.6 Å². The molecule has 0 N–H and O–H groups in total. The molecular weight excluding hydrogens is 440 g/mol. The van der Waals surface area contributed by atoms with E-state index in [-0.39, 0.29) is 0 Å². The topological polar surface area (TPSA) is 34.1 Å². The first-order chi connectivity index (χ1) is 17.5. The smallest absolute Gasteiger partial charge is 0.159 e. The van der Waals surface area contributed by atoms with E-state index in [0.29, 0.717) is 11.6 Å². The summed E-state index contributed by atoms with van der Waals surface area (Å²) in [7, 11) is 0. The third kappa shape index (κ3) is 5.02. The van der Waals surface area contributed by atoms with Crippen molar-refractivity contribution in [2.45, 2.75) is 155 Å². The minimum Gasteiger partial charge on any atom is -0.297 e. The molecule has 0 amide bonds. The van der Waals surface area contributed by atoms with Crippen LogP contribution in [0.1, 0.15) is 155 Å². The van der Waals surface area contributed by atoms with E-state index in [1.807, 2.05) is 0 Å². The maximum Gasteiger partial charge on any atom is 0.159 e. The summed E-state index contributed by atoms with van der Waals surface area (Å²) in [4.78, 5) is 27.5. The molecule has 0 aromatic rings. The highest BCUT2D eigenvalue weighted by Gasteiger charge is 2.71. The van der Waals surface area contributed by atoms with Gasteiger partial charge in [0, 0.05) is 0 Å². The Labute approximate surface area is 222 Å². The van der Waals surface area contributed by atoms with Gasteiger partial charge in [-0.3, -0.25) is 9.59 Å². The predicted octanol–water partition coefficient (Wildman–Crippen LogP) is 9.48. The van der Waals surface area contributed by atoms with Gasteiger partial charge in [0.05, 0.1) is 10.8 Å². The normalized spacial score (nSPS) is 43.6. The van der Waals surface area contributed by atoms with Crippen LogP contribution in [0, 0.1) is 46.3 Å². The summed E-state index contributed by atoms with van der Waals surface area (Å²) in [6.07, 6.45) is 27.7. The van der Waals surface area contributed by atoms with Crippen molar-refractivity contribution in [1.29, 1.82) is 0 Å². The van der Waals surface area contributed by atoms with E-state index in [1.165, 1.54) is 89.9 Å². The lowest BCUT2D eigenvalue weighted by Crippen LogP contribution is -2.68. The van der Waals surface area contributed by atoms with Crippen LogP contribution in [0.2, 0.25) is 0 Å². The number of carbonyl (C=O) groups excluding carboxylic acids is 2. The molecule has 2 nitrogen and oxygen atoms in total. The van der Waals surface area contributed by atoms with Crippen molar-refractivity contribution in [3.63, 3.8) is 0 Å². The van der Waals surface area contributed by atoms with Gasteiger partial charge in [0.15, 0.2) is 11.6 Å². The minimum absolute atomic E-state index is 0.406. The van der Waals surface area contributed by atoms with Crippen LogP contribution in [0.25, 0.3) is 0 Å². The van der Waals surface area contributed by atoms with Gasteiger partial charge in [0.25, 0.3) is 0 Å². The summed E-state index contributed by atoms with van der Waals surface area (Å²) < 4.78 is 0. The highest BCUT2D eigenvalue weighted by atomic mass is 16.2. The van der Waals surface area contributed by atoms with E-state index < -0.39 is 10.8 Å². The van der Waals surface area contributed by atoms with Gasteiger partial charge in [0.2, 0.25) is 0 Å². The molecular formula is C34H56O2. The summed E-state index contributed by atoms with van der Waals surface area (Å²) in [5.41, 5.74) is -1.09. The highest BCUT2D eigenvalue weighted by molar-refractivity contribution is 6.30. The quantitative estimate of drug-likeness (QED) is 0.248. The molecule has 5 rings (SSSR count). The van der Waals surface area contributed by atoms with E-state index >= 15 is 0 Å². The lowest BCUT2D eigenvalue weighted by atomic mass is 9.41. The number of ketones is 2. The third-order valence-corrected chi connectivity index (χ3v) is 12.5. The zero-order valence-corrected chi connectivity index (χ0v) is 23.8. The lowest BCUT2D eigenvalue weighted by Gasteiger charge is -2.58. The molecule has 5 aliphatic rings. The first-order valence-corrected chi connectivity index (χ1v) is 16.6. The molecule has 5 aliphatic carbocycles. The Hall–Kier alpha value is -0.660. The molecule has 0 aliphatic heterocycles. The third-order valence-electron chi connectivity index (χ3n) is 12.5. The Balaban J connectivity index is 1.07. The number of hydrogen-bond acceptors (Lipinski definition) is 2. The fourth-order valence-corrected chi connectivity index (χ4v) is 10.2. The number of unbranched alkanes of at least 4 members (excludes halogenated alkanes) is 2. The molecule has 5 saturated carbocycles. The SMILES string of the molecule is CCCCC[C@H]1CC[C@H](C2CCC3(CC2)C(=O)C2(CCC([C@H]4CC[C@H](CCC)CC4)CC2)C3=O)CC1. The van der Waals surface area contributed by atoms with Crippen molar-refractivity contribution in [3.05, 3.63) is 0 Å². The molecule has 5 fully saturated rings. The maximum absolute atomic E-state index is 13.8. The molecule has 0 radical (unpaired) electrons. The summed E-state index contributed by atoms with van der Waals surface area (Å²) in [5, 5.41) is 0. The number of Topliss-reactive ketones (excluding diaryl/α,β-unsaturated/α-hetero) is 2. The van der Waals surface area contributed by atoms with Crippen molar-refractivity contribution < 1.29 is 9.59 Å². The largest absolute Gasteiger partial charge is 0.297 e. The van der Waals surface area contributed by atoms with Gasteiger partial charge >= 0.3 is 0 Å². The monoisotopic (exact) mass is 496 g/mol. The van der Waals surface area contributed by atoms with Crippen molar-refractivity contribution in [3.8, 4) is 0 Å². The van der Waals surface area contributed by atoms with Crippen LogP contribution in [0.5, 0.6) is 0 Å². The minimum atomic E-state index is -0.543. The lowest BCUT2D eigenvalue weighted by molar-refractivity contribution is -0.179. The Bertz CT molecular complexity index is 715. The molecule has 0 atom stereocenters. The van der Waals surface area contributed by atoms with Gasteiger partial charge in [0.1, 0.15) is 0 Å². The molecule has 2 spiro atoms. The van der Waals surface area contributed by atoms with Crippen LogP contribution in [0.4, 0.5) is 0 Å². The van der Waals surface area contributed by atoms with E-state index in [4.69, 9.17) is 0 Å². The zero-order chi connectivity index (χ0) is 25.2. The standard InChI is InChI=1S/C34H56O2/c1-3-5-6-8-26-11-15-28(16-12-26)30-19-23-34(24-20-30)31(35)33(32(34)36)21-17-29(18-22-33)27-13-9-25(7-4-2)10-14-27/h25-30H,3-24H2,1-2H3/t25-,26-,27-,28-,29?,30?,33?,34?. The molecule has 0 aromatic heterocycles. The Kier molecular flexibility index (Phi) is 8.68. The van der Waals surface area contributed by atoms with Crippen LogP contribution in [0.15, 0.2) is 0 Å². The molecule has 0 saturated heterocycles. The fourth-order valence-electron chi connectivity index (χ4n) is 10.2. The van der Waals surface area contributed by atoms with Crippen molar-refractivity contribution in [2.75, 3.05) is 0 Å². The van der Waals surface area contributed by atoms with Crippen LogP contribution >= 0.6 is 0 Å². The van der Waals surface area contributed by atoms with E-state index in [9.17, 15) is 9.59 Å². The second-order valence-corrected chi connectivity index (χ2v) is 14.3. The van der Waals surface area contributed by atoms with Gasteiger partial charge < -0.3 is 0 Å². The van der Waals surface area contributed by atoms with E-state index in [1.54, 1.807) is 0 Å². The summed E-state index contributed by atoms with van der Waals surface area (Å²) >= 11 is 0. The van der Waals surface area contributed by atoms with Gasteiger partial charge in [-0.25, -0.2) is 0 Å². The summed E-state index contributed by atoms with van der Waals surface area (Å²) in [5.74, 6) is 6.04. The first kappa shape index (κ1) is 26.9. The molecule has 0 aromatic carbocycles. The molecule has 204 valence electrons. The van der Waals surface area contributed by atoms with Crippen LogP contribution in [0.3, 0.4) is 0 Å². The second-order valence-electron chi connectivity index (χ2n) is 14.3. The molecule has 0 unspecified atom stereocenters. The van der Waals surface area contributed by atoms with Gasteiger partial charge in [-0.15, -0.1) is 0 Å². The molecule has 2 heteroatoms. The summed E-state index contributed by atoms with van der Waals surface area (Å²) in [6.45, 7) is 4.62. The van der Waals surface area contributed by atoms with Crippen molar-refractivity contribution in [2.24, 2.45) is 46.3 Å². The molecule has 0 bridgehead atoms. The maximum atomic E-state index is 13.8. The first-order valence-electron chi connectivity index (χ1n) is 16.6. The Morgan fingerprint density at radius 3 is 1.28 bits per heavy atom. The van der Waals surface area contributed by atoms with Crippen molar-refractivity contribution in [1.82, 2.24) is 0 Å². The average molecular weight is 497 g/mol. The predicted molar refractivity (Wildman–Crippen MR) is 149 cm³/mol. The van der Waals surface area contributed by atoms with E-state index in [0.717, 1.165) is 86.9 Å². The van der Waals surface area contributed by atoms with Gasteiger partial charge in [-0.1, -0.05) is 78.1 Å². The number of rotatable bonds is 8. The zero-order valence-electron chi connectivity index (χ0n) is 23.8. The van der Waals surface area contributed by atoms with Gasteiger partial charge in [-0.05, 0) is 113 Å².